The first-order valence-corrected chi connectivity index (χ1v) is 10.2. The van der Waals surface area contributed by atoms with Crippen molar-refractivity contribution >= 4 is 45.7 Å². The molecule has 3 aromatic rings. The number of hydrogen-bond donors (Lipinski definition) is 1. The number of aryl methyl sites for hydroxylation is 1. The van der Waals surface area contributed by atoms with Gasteiger partial charge in [0.15, 0.2) is 11.0 Å². The van der Waals surface area contributed by atoms with E-state index in [1.54, 1.807) is 0 Å². The molecule has 26 heavy (non-hydrogen) atoms. The molecule has 0 aliphatic rings. The van der Waals surface area contributed by atoms with Gasteiger partial charge in [0.25, 0.3) is 0 Å². The zero-order chi connectivity index (χ0) is 18.5. The smallest absolute Gasteiger partial charge is 0.236 e. The molecule has 0 fully saturated rings. The number of anilines is 1. The van der Waals surface area contributed by atoms with Crippen molar-refractivity contribution in [2.45, 2.75) is 32.0 Å². The molecule has 2 heterocycles. The van der Waals surface area contributed by atoms with Crippen LogP contribution in [-0.4, -0.2) is 36.6 Å². The molecular formula is C16H17ClN6OS2. The Morgan fingerprint density at radius 1 is 1.19 bits per heavy atom. The van der Waals surface area contributed by atoms with Crippen molar-refractivity contribution in [1.29, 1.82) is 0 Å². The SMILES string of the molecule is CCc1nnc(NC(=O)CSc2nnc(-c3ccc(Cl)cc3)n2CC)s1. The summed E-state index contributed by atoms with van der Waals surface area (Å²) in [6, 6.07) is 7.44. The number of carbonyl (C=O) groups excluding carboxylic acids is 1. The van der Waals surface area contributed by atoms with Crippen LogP contribution in [0.1, 0.15) is 18.9 Å². The number of halogens is 1. The second-order valence-electron chi connectivity index (χ2n) is 5.25. The number of carbonyl (C=O) groups is 1. The van der Waals surface area contributed by atoms with Gasteiger partial charge in [-0.3, -0.25) is 10.1 Å². The predicted octanol–water partition coefficient (Wildman–Crippen LogP) is 3.76. The summed E-state index contributed by atoms with van der Waals surface area (Å²) in [6.07, 6.45) is 0.801. The van der Waals surface area contributed by atoms with Crippen molar-refractivity contribution < 1.29 is 4.79 Å². The van der Waals surface area contributed by atoms with Crippen molar-refractivity contribution in [2.75, 3.05) is 11.1 Å². The molecule has 0 radical (unpaired) electrons. The number of thioether (sulfide) groups is 1. The number of aromatic nitrogens is 5. The van der Waals surface area contributed by atoms with Crippen molar-refractivity contribution in [3.05, 3.63) is 34.3 Å². The Morgan fingerprint density at radius 2 is 1.96 bits per heavy atom. The van der Waals surface area contributed by atoms with Gasteiger partial charge < -0.3 is 4.57 Å². The Kier molecular flexibility index (Phi) is 6.23. The van der Waals surface area contributed by atoms with Gasteiger partial charge >= 0.3 is 0 Å². The lowest BCUT2D eigenvalue weighted by Gasteiger charge is -2.07. The van der Waals surface area contributed by atoms with Gasteiger partial charge in [-0.15, -0.1) is 20.4 Å². The number of nitrogens with one attached hydrogen (secondary N) is 1. The van der Waals surface area contributed by atoms with Crippen LogP contribution in [0.25, 0.3) is 11.4 Å². The summed E-state index contributed by atoms with van der Waals surface area (Å²) in [5.74, 6) is 0.830. The fraction of sp³-hybridized carbons (Fsp3) is 0.312. The standard InChI is InChI=1S/C16H17ClN6OS2/c1-3-13-19-21-15(26-13)18-12(24)9-25-16-22-20-14(23(16)4-2)10-5-7-11(17)8-6-10/h5-8H,3-4,9H2,1-2H3,(H,18,21,24). The van der Waals surface area contributed by atoms with E-state index in [1.165, 1.54) is 23.1 Å². The van der Waals surface area contributed by atoms with Crippen LogP contribution in [-0.2, 0) is 17.8 Å². The second-order valence-corrected chi connectivity index (χ2v) is 7.69. The van der Waals surface area contributed by atoms with Crippen LogP contribution >= 0.6 is 34.7 Å². The molecule has 0 bridgehead atoms. The topological polar surface area (TPSA) is 85.6 Å². The minimum absolute atomic E-state index is 0.146. The lowest BCUT2D eigenvalue weighted by atomic mass is 10.2. The van der Waals surface area contributed by atoms with Crippen molar-refractivity contribution in [3.63, 3.8) is 0 Å². The lowest BCUT2D eigenvalue weighted by Crippen LogP contribution is -2.14. The molecule has 0 aliphatic heterocycles. The number of nitrogens with zero attached hydrogens (tertiary/aromatic N) is 5. The van der Waals surface area contributed by atoms with Crippen LogP contribution in [0.5, 0.6) is 0 Å². The Morgan fingerprint density at radius 3 is 2.62 bits per heavy atom. The summed E-state index contributed by atoms with van der Waals surface area (Å²) in [5.41, 5.74) is 0.931. The highest BCUT2D eigenvalue weighted by Crippen LogP contribution is 2.25. The fourth-order valence-electron chi connectivity index (χ4n) is 2.23. The van der Waals surface area contributed by atoms with Gasteiger partial charge in [0, 0.05) is 17.1 Å². The first-order valence-electron chi connectivity index (χ1n) is 8.04. The molecule has 1 amide bonds. The molecule has 3 rings (SSSR count). The maximum atomic E-state index is 12.1. The van der Waals surface area contributed by atoms with Crippen LogP contribution in [0.15, 0.2) is 29.4 Å². The molecular weight excluding hydrogens is 392 g/mol. The third-order valence-corrected chi connectivity index (χ3v) is 5.69. The number of rotatable bonds is 7. The normalized spacial score (nSPS) is 10.9. The monoisotopic (exact) mass is 408 g/mol. The van der Waals surface area contributed by atoms with Crippen LogP contribution in [0, 0.1) is 0 Å². The zero-order valence-corrected chi connectivity index (χ0v) is 16.7. The molecule has 0 atom stereocenters. The van der Waals surface area contributed by atoms with Gasteiger partial charge in [-0.05, 0) is 37.6 Å². The molecule has 0 saturated heterocycles. The average molecular weight is 409 g/mol. The van der Waals surface area contributed by atoms with Gasteiger partial charge in [0.1, 0.15) is 5.01 Å². The molecule has 136 valence electrons. The average Bonchev–Trinajstić information content (AvgIpc) is 3.26. The Bertz CT molecular complexity index is 893. The van der Waals surface area contributed by atoms with Crippen molar-refractivity contribution in [3.8, 4) is 11.4 Å². The molecule has 0 unspecified atom stereocenters. The first-order chi connectivity index (χ1) is 12.6. The summed E-state index contributed by atoms with van der Waals surface area (Å²) in [7, 11) is 0. The number of amides is 1. The quantitative estimate of drug-likeness (QED) is 0.599. The van der Waals surface area contributed by atoms with Gasteiger partial charge in [-0.2, -0.15) is 0 Å². The molecule has 0 saturated carbocycles. The number of hydrogen-bond acceptors (Lipinski definition) is 7. The highest BCUT2D eigenvalue weighted by atomic mass is 35.5. The molecule has 1 N–H and O–H groups in total. The highest BCUT2D eigenvalue weighted by molar-refractivity contribution is 7.99. The summed E-state index contributed by atoms with van der Waals surface area (Å²) in [5, 5.41) is 22.0. The van der Waals surface area contributed by atoms with E-state index in [-0.39, 0.29) is 11.7 Å². The van der Waals surface area contributed by atoms with E-state index in [0.717, 1.165) is 22.8 Å². The molecule has 10 heteroatoms. The van der Waals surface area contributed by atoms with E-state index < -0.39 is 0 Å². The van der Waals surface area contributed by atoms with E-state index in [2.05, 4.69) is 25.7 Å². The predicted molar refractivity (Wildman–Crippen MR) is 105 cm³/mol. The summed E-state index contributed by atoms with van der Waals surface area (Å²) < 4.78 is 1.97. The maximum absolute atomic E-state index is 12.1. The molecule has 7 nitrogen and oxygen atoms in total. The third kappa shape index (κ3) is 4.40. The molecule has 0 spiro atoms. The zero-order valence-electron chi connectivity index (χ0n) is 14.3. The van der Waals surface area contributed by atoms with Crippen molar-refractivity contribution in [2.24, 2.45) is 0 Å². The van der Waals surface area contributed by atoms with Crippen LogP contribution in [0.3, 0.4) is 0 Å². The van der Waals surface area contributed by atoms with E-state index in [0.29, 0.717) is 21.9 Å². The summed E-state index contributed by atoms with van der Waals surface area (Å²) in [4.78, 5) is 12.1. The minimum Gasteiger partial charge on any atom is -0.302 e. The van der Waals surface area contributed by atoms with Crippen LogP contribution in [0.4, 0.5) is 5.13 Å². The highest BCUT2D eigenvalue weighted by Gasteiger charge is 2.15. The minimum atomic E-state index is -0.146. The van der Waals surface area contributed by atoms with Gasteiger partial charge in [-0.1, -0.05) is 41.6 Å². The molecule has 1 aromatic carbocycles. The first kappa shape index (κ1) is 18.8. The fourth-order valence-corrected chi connectivity index (χ4v) is 3.85. The molecule has 2 aromatic heterocycles. The third-order valence-electron chi connectivity index (χ3n) is 3.48. The van der Waals surface area contributed by atoms with Gasteiger partial charge in [-0.25, -0.2) is 0 Å². The summed E-state index contributed by atoms with van der Waals surface area (Å²) >= 11 is 8.66. The van der Waals surface area contributed by atoms with E-state index in [4.69, 9.17) is 11.6 Å². The van der Waals surface area contributed by atoms with Crippen LogP contribution in [0.2, 0.25) is 5.02 Å². The van der Waals surface area contributed by atoms with Crippen molar-refractivity contribution in [1.82, 2.24) is 25.0 Å². The van der Waals surface area contributed by atoms with Crippen LogP contribution < -0.4 is 5.32 Å². The Labute approximate surface area is 164 Å². The Balaban J connectivity index is 1.66. The summed E-state index contributed by atoms with van der Waals surface area (Å²) in [6.45, 7) is 4.71. The largest absolute Gasteiger partial charge is 0.302 e. The van der Waals surface area contributed by atoms with Gasteiger partial charge in [0.2, 0.25) is 11.0 Å². The van der Waals surface area contributed by atoms with E-state index in [9.17, 15) is 4.79 Å². The second kappa shape index (κ2) is 8.61. The van der Waals surface area contributed by atoms with E-state index >= 15 is 0 Å². The van der Waals surface area contributed by atoms with Gasteiger partial charge in [0.05, 0.1) is 5.75 Å². The maximum Gasteiger partial charge on any atom is 0.236 e. The number of benzene rings is 1. The lowest BCUT2D eigenvalue weighted by molar-refractivity contribution is -0.113. The molecule has 0 aliphatic carbocycles. The van der Waals surface area contributed by atoms with E-state index in [1.807, 2.05) is 42.7 Å². The Hall–Kier alpha value is -1.97.